The van der Waals surface area contributed by atoms with Crippen LogP contribution in [0.25, 0.3) is 0 Å². The van der Waals surface area contributed by atoms with E-state index in [1.807, 2.05) is 49.7 Å². The Balaban J connectivity index is 1.45. The fourth-order valence-corrected chi connectivity index (χ4v) is 5.88. The van der Waals surface area contributed by atoms with Crippen LogP contribution in [-0.4, -0.2) is 74.2 Å². The number of carbonyl (C=O) groups is 2. The van der Waals surface area contributed by atoms with Crippen molar-refractivity contribution in [2.24, 2.45) is 0 Å². The number of aryl methyl sites for hydroxylation is 3. The lowest BCUT2D eigenvalue weighted by molar-refractivity contribution is -0.129. The summed E-state index contributed by atoms with van der Waals surface area (Å²) in [7, 11) is 0. The largest absolute Gasteiger partial charge is 0.444 e. The average Bonchev–Trinajstić information content (AvgIpc) is 3.38. The van der Waals surface area contributed by atoms with E-state index in [0.717, 1.165) is 48.2 Å². The molecule has 5 rings (SSSR count). The van der Waals surface area contributed by atoms with Crippen LogP contribution in [0.4, 0.5) is 4.79 Å². The highest BCUT2D eigenvalue weighted by Crippen LogP contribution is 2.41. The molecular weight excluding hydrogens is 528 g/mol. The summed E-state index contributed by atoms with van der Waals surface area (Å²) >= 11 is 6.88. The van der Waals surface area contributed by atoms with Crippen molar-refractivity contribution >= 4 is 23.6 Å². The number of halogens is 1. The third-order valence-corrected chi connectivity index (χ3v) is 7.75. The number of piperazine rings is 1. The lowest BCUT2D eigenvalue weighted by atomic mass is 9.94. The molecule has 2 atom stereocenters. The molecule has 2 aliphatic rings. The minimum atomic E-state index is -0.629. The molecule has 10 heteroatoms. The van der Waals surface area contributed by atoms with Gasteiger partial charge < -0.3 is 19.5 Å². The molecule has 0 radical (unpaired) electrons. The van der Waals surface area contributed by atoms with Crippen molar-refractivity contribution in [3.05, 3.63) is 82.7 Å². The highest BCUT2D eigenvalue weighted by atomic mass is 35.5. The third kappa shape index (κ3) is 6.31. The van der Waals surface area contributed by atoms with E-state index in [4.69, 9.17) is 21.3 Å². The zero-order valence-electron chi connectivity index (χ0n) is 23.3. The molecule has 2 amide bonds. The van der Waals surface area contributed by atoms with Crippen LogP contribution in [0.2, 0.25) is 5.02 Å². The van der Waals surface area contributed by atoms with Crippen molar-refractivity contribution in [1.29, 1.82) is 0 Å². The Kier molecular flexibility index (Phi) is 8.42. The van der Waals surface area contributed by atoms with Crippen molar-refractivity contribution in [1.82, 2.24) is 29.7 Å². The van der Waals surface area contributed by atoms with Crippen molar-refractivity contribution in [3.8, 4) is 0 Å². The van der Waals surface area contributed by atoms with Crippen LogP contribution in [0.3, 0.4) is 0 Å². The van der Waals surface area contributed by atoms with Crippen LogP contribution in [0.1, 0.15) is 55.6 Å². The number of imidazole rings is 1. The minimum Gasteiger partial charge on any atom is -0.444 e. The molecule has 9 nitrogen and oxygen atoms in total. The number of amides is 2. The summed E-state index contributed by atoms with van der Waals surface area (Å²) in [6.07, 6.45) is 9.24. The molecule has 1 fully saturated rings. The maximum absolute atomic E-state index is 13.9. The quantitative estimate of drug-likeness (QED) is 0.450. The Hall–Kier alpha value is -3.43. The molecule has 1 saturated heterocycles. The fourth-order valence-electron chi connectivity index (χ4n) is 5.59. The monoisotopic (exact) mass is 564 g/mol. The predicted octanol–water partition coefficient (Wildman–Crippen LogP) is 4.25. The third-order valence-electron chi connectivity index (χ3n) is 7.42. The summed E-state index contributed by atoms with van der Waals surface area (Å²) in [6, 6.07) is 9.13. The predicted molar refractivity (Wildman–Crippen MR) is 153 cm³/mol. The summed E-state index contributed by atoms with van der Waals surface area (Å²) in [6.45, 7) is 7.90. The average molecular weight is 565 g/mol. The fraction of sp³-hybridized carbons (Fsp3) is 0.467. The number of pyridine rings is 1. The molecule has 0 saturated carbocycles. The van der Waals surface area contributed by atoms with Crippen LogP contribution < -0.4 is 5.32 Å². The number of fused-ring (bicyclic) bond motifs is 2. The summed E-state index contributed by atoms with van der Waals surface area (Å²) in [4.78, 5) is 39.7. The number of hydrogen-bond acceptors (Lipinski definition) is 6. The van der Waals surface area contributed by atoms with Crippen molar-refractivity contribution in [2.45, 2.75) is 64.3 Å². The zero-order chi connectivity index (χ0) is 28.3. The zero-order valence-corrected chi connectivity index (χ0v) is 24.1. The maximum Gasteiger partial charge on any atom is 0.410 e. The lowest BCUT2D eigenvalue weighted by Crippen LogP contribution is -2.61. The van der Waals surface area contributed by atoms with Gasteiger partial charge in [0.25, 0.3) is 0 Å². The van der Waals surface area contributed by atoms with E-state index >= 15 is 0 Å². The first-order valence-electron chi connectivity index (χ1n) is 13.9. The second-order valence-corrected chi connectivity index (χ2v) is 11.8. The molecular formula is C30H37ClN6O3. The second-order valence-electron chi connectivity index (χ2n) is 11.4. The molecule has 1 aliphatic carbocycles. The van der Waals surface area contributed by atoms with E-state index in [1.54, 1.807) is 23.6 Å². The number of ether oxygens (including phenoxy) is 1. The number of nitrogens with zero attached hydrogens (tertiary/aromatic N) is 5. The smallest absolute Gasteiger partial charge is 0.410 e. The Labute approximate surface area is 240 Å². The Morgan fingerprint density at radius 1 is 1.10 bits per heavy atom. The van der Waals surface area contributed by atoms with Gasteiger partial charge in [-0.2, -0.15) is 0 Å². The van der Waals surface area contributed by atoms with Crippen LogP contribution in [0.5, 0.6) is 0 Å². The first-order chi connectivity index (χ1) is 19.2. The summed E-state index contributed by atoms with van der Waals surface area (Å²) < 4.78 is 7.65. The van der Waals surface area contributed by atoms with Crippen LogP contribution in [0.15, 0.2) is 55.2 Å². The number of hydrogen-bond donors (Lipinski definition) is 1. The van der Waals surface area contributed by atoms with Crippen LogP contribution in [-0.2, 0) is 28.9 Å². The van der Waals surface area contributed by atoms with Crippen LogP contribution in [0, 0.1) is 0 Å². The second kappa shape index (κ2) is 12.0. The van der Waals surface area contributed by atoms with Gasteiger partial charge in [-0.15, -0.1) is 0 Å². The summed E-state index contributed by atoms with van der Waals surface area (Å²) in [5.74, 6) is -0.130. The molecule has 0 bridgehead atoms. The maximum atomic E-state index is 13.9. The number of carbonyl (C=O) groups excluding carboxylic acids is 2. The molecule has 40 heavy (non-hydrogen) atoms. The van der Waals surface area contributed by atoms with Crippen molar-refractivity contribution in [2.75, 3.05) is 26.2 Å². The standard InChI is InChI=1S/C30H37ClN6O3/c1-30(2,3)40-29(39)36-17-18-37(24(19-36)28(38)34-13-6-15-35-16-14-32-20-35)27-25-21(7-4-9-23(25)31)10-11-22-8-5-12-33-26(22)27/h4-5,7-9,12,14,16,20,24,27H,6,10-11,13,15,17-19H2,1-3H3,(H,34,38)/t24?,27-/m0/s1. The summed E-state index contributed by atoms with van der Waals surface area (Å²) in [5.41, 5.74) is 3.58. The molecule has 1 aliphatic heterocycles. The van der Waals surface area contributed by atoms with Crippen molar-refractivity contribution in [3.63, 3.8) is 0 Å². The van der Waals surface area contributed by atoms with Gasteiger partial charge >= 0.3 is 6.09 Å². The van der Waals surface area contributed by atoms with E-state index in [1.165, 1.54) is 0 Å². The summed E-state index contributed by atoms with van der Waals surface area (Å²) in [5, 5.41) is 3.79. The molecule has 0 spiro atoms. The molecule has 3 heterocycles. The van der Waals surface area contributed by atoms with E-state index in [2.05, 4.69) is 27.3 Å². The molecule has 1 aromatic carbocycles. The van der Waals surface area contributed by atoms with Gasteiger partial charge in [0.05, 0.1) is 18.1 Å². The molecule has 2 aromatic heterocycles. The minimum absolute atomic E-state index is 0.130. The topological polar surface area (TPSA) is 92.6 Å². The molecule has 212 valence electrons. The van der Waals surface area contributed by atoms with Gasteiger partial charge in [-0.1, -0.05) is 29.8 Å². The highest BCUT2D eigenvalue weighted by Gasteiger charge is 2.42. The van der Waals surface area contributed by atoms with E-state index < -0.39 is 17.7 Å². The first kappa shape index (κ1) is 28.1. The number of benzene rings is 1. The van der Waals surface area contributed by atoms with Gasteiger partial charge in [-0.05, 0) is 68.9 Å². The van der Waals surface area contributed by atoms with Gasteiger partial charge in [-0.25, -0.2) is 9.78 Å². The SMILES string of the molecule is CC(C)(C)OC(=O)N1CCN([C@@H]2c3ncccc3CCc3cccc(Cl)c32)C(C(=O)NCCCn2ccnc2)C1. The molecule has 3 aromatic rings. The number of rotatable bonds is 6. The van der Waals surface area contributed by atoms with Crippen LogP contribution >= 0.6 is 11.6 Å². The molecule has 1 unspecified atom stereocenters. The Morgan fingerprint density at radius 3 is 2.67 bits per heavy atom. The Morgan fingerprint density at radius 2 is 1.90 bits per heavy atom. The number of aromatic nitrogens is 3. The van der Waals surface area contributed by atoms with Gasteiger partial charge in [0.2, 0.25) is 5.91 Å². The number of nitrogens with one attached hydrogen (secondary N) is 1. The van der Waals surface area contributed by atoms with E-state index in [9.17, 15) is 9.59 Å². The normalized spacial score (nSPS) is 19.4. The van der Waals surface area contributed by atoms with Gasteiger partial charge in [0.15, 0.2) is 0 Å². The molecule has 1 N–H and O–H groups in total. The highest BCUT2D eigenvalue weighted by molar-refractivity contribution is 6.31. The van der Waals surface area contributed by atoms with Gasteiger partial charge in [0, 0.05) is 56.3 Å². The van der Waals surface area contributed by atoms with Crippen molar-refractivity contribution < 1.29 is 14.3 Å². The first-order valence-corrected chi connectivity index (χ1v) is 14.3. The van der Waals surface area contributed by atoms with Gasteiger partial charge in [0.1, 0.15) is 11.6 Å². The lowest BCUT2D eigenvalue weighted by Gasteiger charge is -2.44. The van der Waals surface area contributed by atoms with E-state index in [-0.39, 0.29) is 18.5 Å². The Bertz CT molecular complexity index is 1340. The van der Waals surface area contributed by atoms with E-state index in [0.29, 0.717) is 24.7 Å². The van der Waals surface area contributed by atoms with Gasteiger partial charge in [-0.3, -0.25) is 14.7 Å².